The Hall–Kier alpha value is -1.22. The number of nitrogens with one attached hydrogen (secondary N) is 1. The largest absolute Gasteiger partial charge is 0.480 e. The fourth-order valence-corrected chi connectivity index (χ4v) is 1.46. The third-order valence-electron chi connectivity index (χ3n) is 2.30. The highest BCUT2D eigenvalue weighted by molar-refractivity contribution is 6.31. The van der Waals surface area contributed by atoms with Crippen molar-refractivity contribution in [1.82, 2.24) is 0 Å². The van der Waals surface area contributed by atoms with Crippen LogP contribution in [0, 0.1) is 6.92 Å². The summed E-state index contributed by atoms with van der Waals surface area (Å²) in [6.45, 7) is 3.69. The summed E-state index contributed by atoms with van der Waals surface area (Å²) in [7, 11) is 0. The van der Waals surface area contributed by atoms with Crippen molar-refractivity contribution in [2.24, 2.45) is 0 Å². The first-order chi connectivity index (χ1) is 7.06. The van der Waals surface area contributed by atoms with Crippen molar-refractivity contribution in [2.75, 3.05) is 5.32 Å². The predicted octanol–water partition coefficient (Wildman–Crippen LogP) is 2.92. The molecule has 0 heterocycles. The smallest absolute Gasteiger partial charge is 0.326 e. The van der Waals surface area contributed by atoms with Gasteiger partial charge in [-0.2, -0.15) is 0 Å². The normalized spacial score (nSPS) is 12.2. The van der Waals surface area contributed by atoms with Crippen molar-refractivity contribution in [3.05, 3.63) is 28.8 Å². The molecule has 1 atom stereocenters. The Morgan fingerprint density at radius 3 is 2.80 bits per heavy atom. The number of hydrogen-bond donors (Lipinski definition) is 2. The van der Waals surface area contributed by atoms with E-state index in [-0.39, 0.29) is 0 Å². The molecule has 82 valence electrons. The first-order valence-corrected chi connectivity index (χ1v) is 5.18. The van der Waals surface area contributed by atoms with Crippen LogP contribution in [0.2, 0.25) is 5.02 Å². The van der Waals surface area contributed by atoms with Crippen LogP contribution in [0.1, 0.15) is 18.9 Å². The molecule has 15 heavy (non-hydrogen) atoms. The van der Waals surface area contributed by atoms with E-state index in [0.717, 1.165) is 11.3 Å². The van der Waals surface area contributed by atoms with E-state index in [1.807, 2.05) is 19.9 Å². The first-order valence-electron chi connectivity index (χ1n) is 4.80. The zero-order valence-electron chi connectivity index (χ0n) is 8.75. The van der Waals surface area contributed by atoms with Crippen LogP contribution in [-0.2, 0) is 4.79 Å². The number of hydrogen-bond acceptors (Lipinski definition) is 2. The molecule has 0 aliphatic carbocycles. The number of carboxylic acids is 1. The lowest BCUT2D eigenvalue weighted by molar-refractivity contribution is -0.137. The van der Waals surface area contributed by atoms with Gasteiger partial charge in [0.1, 0.15) is 6.04 Å². The second-order valence-electron chi connectivity index (χ2n) is 3.36. The van der Waals surface area contributed by atoms with E-state index < -0.39 is 12.0 Å². The second kappa shape index (κ2) is 5.03. The van der Waals surface area contributed by atoms with Gasteiger partial charge in [0, 0.05) is 10.7 Å². The molecule has 0 amide bonds. The standard InChI is InChI=1S/C11H14ClNO2/c1-3-9(11(14)15)13-10-6-4-5-8(12)7(10)2/h4-6,9,13H,3H2,1-2H3,(H,14,15). The highest BCUT2D eigenvalue weighted by atomic mass is 35.5. The molecular weight excluding hydrogens is 214 g/mol. The minimum atomic E-state index is -0.850. The van der Waals surface area contributed by atoms with Gasteiger partial charge < -0.3 is 10.4 Å². The van der Waals surface area contributed by atoms with E-state index >= 15 is 0 Å². The van der Waals surface area contributed by atoms with Crippen LogP contribution in [0.25, 0.3) is 0 Å². The van der Waals surface area contributed by atoms with Gasteiger partial charge in [0.05, 0.1) is 0 Å². The predicted molar refractivity (Wildman–Crippen MR) is 61.5 cm³/mol. The highest BCUT2D eigenvalue weighted by Gasteiger charge is 2.15. The van der Waals surface area contributed by atoms with E-state index in [9.17, 15) is 4.79 Å². The zero-order valence-corrected chi connectivity index (χ0v) is 9.51. The molecule has 0 aliphatic rings. The van der Waals surface area contributed by atoms with Gasteiger partial charge in [0.15, 0.2) is 0 Å². The summed E-state index contributed by atoms with van der Waals surface area (Å²) in [5.41, 5.74) is 1.65. The molecule has 0 spiro atoms. The van der Waals surface area contributed by atoms with Crippen LogP contribution in [0.5, 0.6) is 0 Å². The molecule has 1 rings (SSSR count). The van der Waals surface area contributed by atoms with Crippen molar-refractivity contribution in [3.8, 4) is 0 Å². The van der Waals surface area contributed by atoms with E-state index in [1.54, 1.807) is 12.1 Å². The number of benzene rings is 1. The number of carbonyl (C=O) groups is 1. The molecule has 0 saturated heterocycles. The molecule has 1 unspecified atom stereocenters. The van der Waals surface area contributed by atoms with Gasteiger partial charge in [-0.1, -0.05) is 24.6 Å². The third kappa shape index (κ3) is 2.86. The maximum Gasteiger partial charge on any atom is 0.326 e. The summed E-state index contributed by atoms with van der Waals surface area (Å²) in [5, 5.41) is 12.5. The summed E-state index contributed by atoms with van der Waals surface area (Å²) >= 11 is 5.93. The van der Waals surface area contributed by atoms with Crippen molar-refractivity contribution in [3.63, 3.8) is 0 Å². The van der Waals surface area contributed by atoms with Gasteiger partial charge in [0.2, 0.25) is 0 Å². The minimum absolute atomic E-state index is 0.529. The molecule has 2 N–H and O–H groups in total. The average molecular weight is 228 g/mol. The molecule has 1 aromatic rings. The van der Waals surface area contributed by atoms with Crippen molar-refractivity contribution in [2.45, 2.75) is 26.3 Å². The Morgan fingerprint density at radius 1 is 1.60 bits per heavy atom. The number of halogens is 1. The van der Waals surface area contributed by atoms with E-state index in [0.29, 0.717) is 11.4 Å². The average Bonchev–Trinajstić information content (AvgIpc) is 2.19. The first kappa shape index (κ1) is 11.9. The molecule has 3 nitrogen and oxygen atoms in total. The van der Waals surface area contributed by atoms with Crippen LogP contribution < -0.4 is 5.32 Å². The van der Waals surface area contributed by atoms with Crippen LogP contribution in [0.3, 0.4) is 0 Å². The van der Waals surface area contributed by atoms with Gasteiger partial charge in [-0.25, -0.2) is 4.79 Å². The van der Waals surface area contributed by atoms with Crippen molar-refractivity contribution in [1.29, 1.82) is 0 Å². The Kier molecular flexibility index (Phi) is 3.97. The quantitative estimate of drug-likeness (QED) is 0.832. The topological polar surface area (TPSA) is 49.3 Å². The molecule has 4 heteroatoms. The van der Waals surface area contributed by atoms with Gasteiger partial charge >= 0.3 is 5.97 Å². The minimum Gasteiger partial charge on any atom is -0.480 e. The maximum absolute atomic E-state index is 10.8. The zero-order chi connectivity index (χ0) is 11.4. The van der Waals surface area contributed by atoms with E-state index in [2.05, 4.69) is 5.32 Å². The maximum atomic E-state index is 10.8. The lowest BCUT2D eigenvalue weighted by atomic mass is 10.1. The third-order valence-corrected chi connectivity index (χ3v) is 2.71. The Morgan fingerprint density at radius 2 is 2.27 bits per heavy atom. The fraction of sp³-hybridized carbons (Fsp3) is 0.364. The molecule has 0 fully saturated rings. The van der Waals surface area contributed by atoms with Crippen molar-refractivity contribution < 1.29 is 9.90 Å². The molecule has 1 aromatic carbocycles. The lowest BCUT2D eigenvalue weighted by Crippen LogP contribution is -2.28. The van der Waals surface area contributed by atoms with Gasteiger partial charge in [0.25, 0.3) is 0 Å². The van der Waals surface area contributed by atoms with Crippen molar-refractivity contribution >= 4 is 23.3 Å². The second-order valence-corrected chi connectivity index (χ2v) is 3.76. The fourth-order valence-electron chi connectivity index (χ4n) is 1.29. The van der Waals surface area contributed by atoms with Gasteiger partial charge in [-0.15, -0.1) is 0 Å². The molecule has 0 bridgehead atoms. The molecule has 0 aromatic heterocycles. The van der Waals surface area contributed by atoms with Crippen LogP contribution in [0.15, 0.2) is 18.2 Å². The van der Waals surface area contributed by atoms with Crippen LogP contribution in [-0.4, -0.2) is 17.1 Å². The van der Waals surface area contributed by atoms with Crippen LogP contribution in [0.4, 0.5) is 5.69 Å². The SMILES string of the molecule is CCC(Nc1cccc(Cl)c1C)C(=O)O. The molecular formula is C11H14ClNO2. The van der Waals surface area contributed by atoms with Crippen LogP contribution >= 0.6 is 11.6 Å². The molecule has 0 aliphatic heterocycles. The molecule has 0 radical (unpaired) electrons. The number of carboxylic acid groups (broad SMARTS) is 1. The van der Waals surface area contributed by atoms with Gasteiger partial charge in [-0.05, 0) is 31.0 Å². The summed E-state index contributed by atoms with van der Waals surface area (Å²) in [4.78, 5) is 10.8. The molecule has 0 saturated carbocycles. The summed E-state index contributed by atoms with van der Waals surface area (Å²) in [5.74, 6) is -0.850. The summed E-state index contributed by atoms with van der Waals surface area (Å²) in [6, 6.07) is 4.84. The summed E-state index contributed by atoms with van der Waals surface area (Å²) in [6.07, 6.45) is 0.529. The van der Waals surface area contributed by atoms with E-state index in [4.69, 9.17) is 16.7 Å². The Bertz CT molecular complexity index is 366. The number of aliphatic carboxylic acids is 1. The van der Waals surface area contributed by atoms with E-state index in [1.165, 1.54) is 0 Å². The number of anilines is 1. The Balaban J connectivity index is 2.88. The number of rotatable bonds is 4. The lowest BCUT2D eigenvalue weighted by Gasteiger charge is -2.16. The van der Waals surface area contributed by atoms with Gasteiger partial charge in [-0.3, -0.25) is 0 Å². The Labute approximate surface area is 94.1 Å². The summed E-state index contributed by atoms with van der Waals surface area (Å²) < 4.78 is 0. The monoisotopic (exact) mass is 227 g/mol. The highest BCUT2D eigenvalue weighted by Crippen LogP contribution is 2.23.